The number of hydrogen-bond acceptors (Lipinski definition) is 4. The predicted octanol–water partition coefficient (Wildman–Crippen LogP) is 6.30. The van der Waals surface area contributed by atoms with E-state index in [2.05, 4.69) is 70.0 Å². The Bertz CT molecular complexity index is 652. The third-order valence-corrected chi connectivity index (χ3v) is 4.59. The molecule has 34 heavy (non-hydrogen) atoms. The SMILES string of the molecule is C#C.C=C/C(C)=C\C(C)=C/C.C=C/C=C\C1=C(C)[C@H](OCC=C)C[C@@H]1NCCCN.CC.CO. The molecule has 1 aliphatic rings. The number of aliphatic hydroxyl groups is 1. The van der Waals surface area contributed by atoms with Gasteiger partial charge in [-0.2, -0.15) is 0 Å². The lowest BCUT2D eigenvalue weighted by molar-refractivity contribution is 0.0976. The van der Waals surface area contributed by atoms with Gasteiger partial charge in [0, 0.05) is 13.2 Å². The van der Waals surface area contributed by atoms with Gasteiger partial charge in [-0.1, -0.05) is 80.7 Å². The van der Waals surface area contributed by atoms with E-state index in [0.717, 1.165) is 33.0 Å². The van der Waals surface area contributed by atoms with Gasteiger partial charge in [0.15, 0.2) is 0 Å². The van der Waals surface area contributed by atoms with Crippen molar-refractivity contribution in [2.45, 2.75) is 66.5 Å². The fraction of sp³-hybridized carbons (Fsp3) is 0.467. The zero-order chi connectivity index (χ0) is 27.4. The van der Waals surface area contributed by atoms with Crippen molar-refractivity contribution in [3.05, 3.63) is 84.6 Å². The molecular formula is C30H52N2O2. The lowest BCUT2D eigenvalue weighted by Gasteiger charge is -2.16. The summed E-state index contributed by atoms with van der Waals surface area (Å²) in [5.74, 6) is 0. The molecule has 0 spiro atoms. The number of rotatable bonds is 11. The summed E-state index contributed by atoms with van der Waals surface area (Å²) in [6.45, 7) is 25.6. The quantitative estimate of drug-likeness (QED) is 0.143. The largest absolute Gasteiger partial charge is 0.400 e. The number of aliphatic hydroxyl groups excluding tert-OH is 1. The van der Waals surface area contributed by atoms with Crippen LogP contribution in [-0.4, -0.2) is 44.1 Å². The Balaban J connectivity index is -0.000000252. The maximum Gasteiger partial charge on any atom is 0.0811 e. The van der Waals surface area contributed by atoms with Crippen LogP contribution in [0.25, 0.3) is 0 Å². The number of nitrogens with one attached hydrogen (secondary N) is 1. The summed E-state index contributed by atoms with van der Waals surface area (Å²) in [6.07, 6.45) is 23.9. The normalized spacial score (nSPS) is 17.0. The molecule has 0 unspecified atom stereocenters. The van der Waals surface area contributed by atoms with Crippen LogP contribution < -0.4 is 11.1 Å². The number of nitrogens with two attached hydrogens (primary N) is 1. The van der Waals surface area contributed by atoms with Crippen molar-refractivity contribution in [3.8, 4) is 12.8 Å². The number of ether oxygens (including phenoxy) is 1. The molecule has 0 saturated heterocycles. The van der Waals surface area contributed by atoms with Crippen molar-refractivity contribution in [3.63, 3.8) is 0 Å². The van der Waals surface area contributed by atoms with Crippen molar-refractivity contribution in [1.29, 1.82) is 0 Å². The van der Waals surface area contributed by atoms with Crippen LogP contribution in [-0.2, 0) is 4.74 Å². The smallest absolute Gasteiger partial charge is 0.0811 e. The second-order valence-corrected chi connectivity index (χ2v) is 6.85. The summed E-state index contributed by atoms with van der Waals surface area (Å²) in [5, 5.41) is 10.5. The standard InChI is InChI=1S/C16H26N2O.C9H14.C2H6.C2H2.CH4O/c1-4-6-8-14-13(3)16(19-11-5-2)12-15(14)18-10-7-9-17;1-5-8(3)7-9(4)6-2;3*1-2/h4-6,8,15-16,18H,1-2,7,9-12,17H2,3H3;5-7H,1H2,2-4H3;1-2H3;1-2H;2H,1H3/b8-6-;8-7-,9-6-;;;/t15-,16+;;;;/m0..../s1. The summed E-state index contributed by atoms with van der Waals surface area (Å²) in [7, 11) is 1.00. The van der Waals surface area contributed by atoms with Crippen molar-refractivity contribution in [2.75, 3.05) is 26.8 Å². The molecule has 0 aliphatic heterocycles. The minimum Gasteiger partial charge on any atom is -0.400 e. The van der Waals surface area contributed by atoms with Crippen molar-refractivity contribution in [1.82, 2.24) is 5.32 Å². The molecule has 4 heteroatoms. The molecule has 0 aromatic heterocycles. The van der Waals surface area contributed by atoms with Gasteiger partial charge in [-0.3, -0.25) is 0 Å². The highest BCUT2D eigenvalue weighted by Gasteiger charge is 2.29. The maximum absolute atomic E-state index is 7.00. The summed E-state index contributed by atoms with van der Waals surface area (Å²) >= 11 is 0. The van der Waals surface area contributed by atoms with Crippen molar-refractivity contribution >= 4 is 0 Å². The predicted molar refractivity (Wildman–Crippen MR) is 155 cm³/mol. The highest BCUT2D eigenvalue weighted by molar-refractivity contribution is 5.38. The van der Waals surface area contributed by atoms with E-state index in [9.17, 15) is 0 Å². The maximum atomic E-state index is 7.00. The minimum atomic E-state index is 0.179. The van der Waals surface area contributed by atoms with Gasteiger partial charge in [-0.15, -0.1) is 19.4 Å². The molecule has 1 rings (SSSR count). The van der Waals surface area contributed by atoms with E-state index in [4.69, 9.17) is 15.6 Å². The van der Waals surface area contributed by atoms with Gasteiger partial charge in [0.2, 0.25) is 0 Å². The van der Waals surface area contributed by atoms with Crippen LogP contribution in [0, 0.1) is 12.8 Å². The number of allylic oxidation sites excluding steroid dienone is 7. The fourth-order valence-corrected chi connectivity index (χ4v) is 2.85. The first-order valence-corrected chi connectivity index (χ1v) is 11.8. The second kappa shape index (κ2) is 30.6. The van der Waals surface area contributed by atoms with Crippen LogP contribution >= 0.6 is 0 Å². The lowest BCUT2D eigenvalue weighted by Crippen LogP contribution is -2.31. The zero-order valence-electron chi connectivity index (χ0n) is 22.9. The van der Waals surface area contributed by atoms with Crippen LogP contribution in [0.3, 0.4) is 0 Å². The van der Waals surface area contributed by atoms with E-state index >= 15 is 0 Å². The third kappa shape index (κ3) is 20.2. The molecule has 2 atom stereocenters. The molecule has 0 bridgehead atoms. The van der Waals surface area contributed by atoms with Crippen LogP contribution in [0.5, 0.6) is 0 Å². The highest BCUT2D eigenvalue weighted by atomic mass is 16.5. The molecule has 0 saturated carbocycles. The molecule has 0 radical (unpaired) electrons. The molecule has 0 heterocycles. The first kappa shape index (κ1) is 38.8. The summed E-state index contributed by atoms with van der Waals surface area (Å²) in [4.78, 5) is 0. The lowest BCUT2D eigenvalue weighted by atomic mass is 10.1. The Hall–Kier alpha value is -2.42. The van der Waals surface area contributed by atoms with E-state index in [1.807, 2.05) is 39.8 Å². The Morgan fingerprint density at radius 3 is 2.21 bits per heavy atom. The van der Waals surface area contributed by atoms with Gasteiger partial charge in [0.1, 0.15) is 0 Å². The van der Waals surface area contributed by atoms with E-state index in [0.29, 0.717) is 12.6 Å². The zero-order valence-corrected chi connectivity index (χ0v) is 22.9. The van der Waals surface area contributed by atoms with Crippen LogP contribution in [0.4, 0.5) is 0 Å². The van der Waals surface area contributed by atoms with E-state index in [1.165, 1.54) is 22.3 Å². The monoisotopic (exact) mass is 472 g/mol. The van der Waals surface area contributed by atoms with Gasteiger partial charge in [0.25, 0.3) is 0 Å². The summed E-state index contributed by atoms with van der Waals surface area (Å²) in [6, 6.07) is 0.345. The average Bonchev–Trinajstić information content (AvgIpc) is 3.19. The van der Waals surface area contributed by atoms with Crippen LogP contribution in [0.1, 0.15) is 54.4 Å². The van der Waals surface area contributed by atoms with Gasteiger partial charge < -0.3 is 20.9 Å². The Morgan fingerprint density at radius 1 is 1.18 bits per heavy atom. The topological polar surface area (TPSA) is 67.5 Å². The van der Waals surface area contributed by atoms with Crippen LogP contribution in [0.2, 0.25) is 0 Å². The van der Waals surface area contributed by atoms with Gasteiger partial charge in [-0.05, 0) is 64.8 Å². The molecule has 1 aliphatic carbocycles. The number of terminal acetylenes is 1. The molecule has 0 aromatic rings. The first-order chi connectivity index (χ1) is 16.4. The van der Waals surface area contributed by atoms with E-state index in [-0.39, 0.29) is 6.10 Å². The van der Waals surface area contributed by atoms with Crippen molar-refractivity contribution in [2.24, 2.45) is 5.73 Å². The summed E-state index contributed by atoms with van der Waals surface area (Å²) < 4.78 is 5.81. The molecule has 0 aromatic carbocycles. The second-order valence-electron chi connectivity index (χ2n) is 6.85. The first-order valence-electron chi connectivity index (χ1n) is 11.8. The van der Waals surface area contributed by atoms with Crippen LogP contribution in [0.15, 0.2) is 84.6 Å². The Labute approximate surface area is 211 Å². The summed E-state index contributed by atoms with van der Waals surface area (Å²) in [5.41, 5.74) is 10.6. The van der Waals surface area contributed by atoms with Crippen molar-refractivity contribution < 1.29 is 9.84 Å². The average molecular weight is 473 g/mol. The highest BCUT2D eigenvalue weighted by Crippen LogP contribution is 2.30. The van der Waals surface area contributed by atoms with E-state index in [1.54, 1.807) is 12.2 Å². The third-order valence-electron chi connectivity index (χ3n) is 4.59. The molecular weight excluding hydrogens is 420 g/mol. The minimum absolute atomic E-state index is 0.179. The Kier molecular flexibility index (Phi) is 34.9. The van der Waals surface area contributed by atoms with Gasteiger partial charge in [0.05, 0.1) is 12.7 Å². The molecule has 4 nitrogen and oxygen atoms in total. The Morgan fingerprint density at radius 2 is 1.76 bits per heavy atom. The molecule has 0 fully saturated rings. The molecule has 4 N–H and O–H groups in total. The fourth-order valence-electron chi connectivity index (χ4n) is 2.85. The number of hydrogen-bond donors (Lipinski definition) is 3. The van der Waals surface area contributed by atoms with Gasteiger partial charge in [-0.25, -0.2) is 0 Å². The van der Waals surface area contributed by atoms with Gasteiger partial charge >= 0.3 is 0 Å². The molecule has 0 amide bonds. The molecule has 194 valence electrons. The van der Waals surface area contributed by atoms with E-state index < -0.39 is 0 Å².